The van der Waals surface area contributed by atoms with Gasteiger partial charge in [0.05, 0.1) is 0 Å². The number of hydrogen-bond donors (Lipinski definition) is 0. The summed E-state index contributed by atoms with van der Waals surface area (Å²) in [7, 11) is 0. The molecule has 1 heteroatoms. The first-order valence-electron chi connectivity index (χ1n) is 5.90. The van der Waals surface area contributed by atoms with Gasteiger partial charge in [-0.15, -0.1) is 0 Å². The van der Waals surface area contributed by atoms with Gasteiger partial charge in [0.15, 0.2) is 5.78 Å². The Labute approximate surface area is 95.1 Å². The van der Waals surface area contributed by atoms with Gasteiger partial charge in [-0.3, -0.25) is 4.79 Å². The van der Waals surface area contributed by atoms with Crippen LogP contribution < -0.4 is 0 Å². The Balaban J connectivity index is 2.35. The zero-order valence-corrected chi connectivity index (χ0v) is 9.20. The fourth-order valence-electron chi connectivity index (χ4n) is 2.58. The van der Waals surface area contributed by atoms with Crippen LogP contribution in [-0.2, 0) is 6.42 Å². The molecule has 1 aliphatic rings. The maximum Gasteiger partial charge on any atom is 0.163 e. The van der Waals surface area contributed by atoms with E-state index in [0.717, 1.165) is 30.2 Å². The van der Waals surface area contributed by atoms with E-state index in [1.165, 1.54) is 10.9 Å². The number of Topliss-reactive ketones (excluding diaryl/α,β-unsaturated/α-hetero) is 1. The van der Waals surface area contributed by atoms with Gasteiger partial charge >= 0.3 is 0 Å². The predicted molar refractivity (Wildman–Crippen MR) is 65.8 cm³/mol. The quantitative estimate of drug-likeness (QED) is 0.605. The van der Waals surface area contributed by atoms with Crippen LogP contribution in [0.3, 0.4) is 0 Å². The standard InChI is InChI=1S/C15H14O/c16-14-8-4-2-6-12-10-9-11-5-1-3-7-13(11)15(12)14/h1,3,5,7,9-10H,2,4,6,8H2. The van der Waals surface area contributed by atoms with Gasteiger partial charge in [0, 0.05) is 12.0 Å². The molecule has 3 rings (SSSR count). The van der Waals surface area contributed by atoms with Crippen LogP contribution in [0.25, 0.3) is 10.8 Å². The molecule has 0 saturated heterocycles. The Kier molecular flexibility index (Phi) is 2.24. The summed E-state index contributed by atoms with van der Waals surface area (Å²) in [6.07, 6.45) is 3.92. The summed E-state index contributed by atoms with van der Waals surface area (Å²) in [4.78, 5) is 12.1. The van der Waals surface area contributed by atoms with E-state index < -0.39 is 0 Å². The molecule has 0 saturated carbocycles. The van der Waals surface area contributed by atoms with Gasteiger partial charge in [-0.05, 0) is 35.6 Å². The molecule has 2 aromatic rings. The number of benzene rings is 2. The molecule has 1 nitrogen and oxygen atoms in total. The lowest BCUT2D eigenvalue weighted by Crippen LogP contribution is -2.01. The number of carbonyl (C=O) groups is 1. The second-order valence-electron chi connectivity index (χ2n) is 4.45. The molecular formula is C15H14O. The van der Waals surface area contributed by atoms with Gasteiger partial charge in [0.1, 0.15) is 0 Å². The number of ketones is 1. The maximum absolute atomic E-state index is 12.1. The summed E-state index contributed by atoms with van der Waals surface area (Å²) >= 11 is 0. The van der Waals surface area contributed by atoms with Crippen molar-refractivity contribution in [3.8, 4) is 0 Å². The van der Waals surface area contributed by atoms with Crippen LogP contribution >= 0.6 is 0 Å². The van der Waals surface area contributed by atoms with E-state index in [1.807, 2.05) is 12.1 Å². The van der Waals surface area contributed by atoms with Gasteiger partial charge in [-0.2, -0.15) is 0 Å². The van der Waals surface area contributed by atoms with E-state index in [2.05, 4.69) is 24.3 Å². The van der Waals surface area contributed by atoms with Crippen LogP contribution in [0.2, 0.25) is 0 Å². The third-order valence-electron chi connectivity index (χ3n) is 3.39. The number of fused-ring (bicyclic) bond motifs is 3. The van der Waals surface area contributed by atoms with E-state index >= 15 is 0 Å². The minimum atomic E-state index is 0.323. The lowest BCUT2D eigenvalue weighted by atomic mass is 9.95. The van der Waals surface area contributed by atoms with Crippen LogP contribution in [0, 0.1) is 0 Å². The molecule has 1 aliphatic carbocycles. The summed E-state index contributed by atoms with van der Waals surface area (Å²) in [6, 6.07) is 12.4. The highest BCUT2D eigenvalue weighted by Gasteiger charge is 2.17. The zero-order valence-electron chi connectivity index (χ0n) is 9.20. The lowest BCUT2D eigenvalue weighted by molar-refractivity contribution is 0.0983. The SMILES string of the molecule is O=C1CCCCc2ccc3ccccc3c21. The molecule has 80 valence electrons. The molecule has 16 heavy (non-hydrogen) atoms. The molecule has 0 aromatic heterocycles. The van der Waals surface area contributed by atoms with Crippen LogP contribution in [0.15, 0.2) is 36.4 Å². The number of aryl methyl sites for hydroxylation is 1. The molecular weight excluding hydrogens is 196 g/mol. The summed E-state index contributed by atoms with van der Waals surface area (Å²) in [5, 5.41) is 2.31. The van der Waals surface area contributed by atoms with E-state index in [9.17, 15) is 4.79 Å². The Bertz CT molecular complexity index is 554. The van der Waals surface area contributed by atoms with Crippen LogP contribution in [0.4, 0.5) is 0 Å². The summed E-state index contributed by atoms with van der Waals surface area (Å²) in [6.45, 7) is 0. The predicted octanol–water partition coefficient (Wildman–Crippen LogP) is 3.75. The smallest absolute Gasteiger partial charge is 0.163 e. The third-order valence-corrected chi connectivity index (χ3v) is 3.39. The van der Waals surface area contributed by atoms with Crippen LogP contribution in [0.1, 0.15) is 35.2 Å². The number of carbonyl (C=O) groups excluding carboxylic acids is 1. The average Bonchev–Trinajstić information content (AvgIpc) is 2.51. The summed E-state index contributed by atoms with van der Waals surface area (Å²) in [5.41, 5.74) is 2.22. The summed E-state index contributed by atoms with van der Waals surface area (Å²) < 4.78 is 0. The molecule has 0 heterocycles. The van der Waals surface area contributed by atoms with Gasteiger partial charge in [0.2, 0.25) is 0 Å². The zero-order chi connectivity index (χ0) is 11.0. The van der Waals surface area contributed by atoms with Crippen molar-refractivity contribution in [2.45, 2.75) is 25.7 Å². The normalized spacial score (nSPS) is 15.9. The monoisotopic (exact) mass is 210 g/mol. The Morgan fingerprint density at radius 1 is 0.875 bits per heavy atom. The van der Waals surface area contributed by atoms with Crippen LogP contribution in [-0.4, -0.2) is 5.78 Å². The molecule has 0 radical (unpaired) electrons. The molecule has 0 atom stereocenters. The van der Waals surface area contributed by atoms with Crippen molar-refractivity contribution in [3.05, 3.63) is 47.5 Å². The third kappa shape index (κ3) is 1.44. The van der Waals surface area contributed by atoms with E-state index in [0.29, 0.717) is 12.2 Å². The highest BCUT2D eigenvalue weighted by molar-refractivity contribution is 6.09. The first kappa shape index (κ1) is 9.59. The van der Waals surface area contributed by atoms with Crippen LogP contribution in [0.5, 0.6) is 0 Å². The topological polar surface area (TPSA) is 17.1 Å². The van der Waals surface area contributed by atoms with Crippen molar-refractivity contribution in [2.75, 3.05) is 0 Å². The molecule has 0 spiro atoms. The second-order valence-corrected chi connectivity index (χ2v) is 4.45. The first-order chi connectivity index (χ1) is 7.86. The van der Waals surface area contributed by atoms with Gasteiger partial charge < -0.3 is 0 Å². The van der Waals surface area contributed by atoms with E-state index in [1.54, 1.807) is 0 Å². The van der Waals surface area contributed by atoms with Gasteiger partial charge in [0.25, 0.3) is 0 Å². The molecule has 0 bridgehead atoms. The maximum atomic E-state index is 12.1. The minimum Gasteiger partial charge on any atom is -0.294 e. The fraction of sp³-hybridized carbons (Fsp3) is 0.267. The average molecular weight is 210 g/mol. The number of hydrogen-bond acceptors (Lipinski definition) is 1. The highest BCUT2D eigenvalue weighted by Crippen LogP contribution is 2.28. The summed E-state index contributed by atoms with van der Waals surface area (Å²) in [5.74, 6) is 0.323. The van der Waals surface area contributed by atoms with Crippen molar-refractivity contribution < 1.29 is 4.79 Å². The largest absolute Gasteiger partial charge is 0.294 e. The molecule has 0 amide bonds. The van der Waals surface area contributed by atoms with Gasteiger partial charge in [-0.25, -0.2) is 0 Å². The molecule has 0 unspecified atom stereocenters. The van der Waals surface area contributed by atoms with Crippen molar-refractivity contribution in [2.24, 2.45) is 0 Å². The highest BCUT2D eigenvalue weighted by atomic mass is 16.1. The lowest BCUT2D eigenvalue weighted by Gasteiger charge is -2.08. The Morgan fingerprint density at radius 3 is 2.62 bits per heavy atom. The first-order valence-corrected chi connectivity index (χ1v) is 5.90. The van der Waals surface area contributed by atoms with E-state index in [-0.39, 0.29) is 0 Å². The molecule has 0 N–H and O–H groups in total. The molecule has 0 aliphatic heterocycles. The minimum absolute atomic E-state index is 0.323. The number of rotatable bonds is 0. The van der Waals surface area contributed by atoms with Crippen molar-refractivity contribution in [1.82, 2.24) is 0 Å². The fourth-order valence-corrected chi connectivity index (χ4v) is 2.58. The van der Waals surface area contributed by atoms with Crippen molar-refractivity contribution in [3.63, 3.8) is 0 Å². The molecule has 2 aromatic carbocycles. The van der Waals surface area contributed by atoms with Crippen molar-refractivity contribution >= 4 is 16.6 Å². The Hall–Kier alpha value is -1.63. The van der Waals surface area contributed by atoms with E-state index in [4.69, 9.17) is 0 Å². The second kappa shape index (κ2) is 3.75. The van der Waals surface area contributed by atoms with Gasteiger partial charge in [-0.1, -0.05) is 36.4 Å². The Morgan fingerprint density at radius 2 is 1.69 bits per heavy atom. The molecule has 0 fully saturated rings. The van der Waals surface area contributed by atoms with Crippen molar-refractivity contribution in [1.29, 1.82) is 0 Å².